The molecule has 0 saturated heterocycles. The Morgan fingerprint density at radius 2 is 1.75 bits per heavy atom. The quantitative estimate of drug-likeness (QED) is 0.741. The van der Waals surface area contributed by atoms with Gasteiger partial charge in [0.2, 0.25) is 0 Å². The van der Waals surface area contributed by atoms with Crippen LogP contribution in [0, 0.1) is 29.0 Å². The lowest BCUT2D eigenvalue weighted by Gasteiger charge is -2.59. The Kier molecular flexibility index (Phi) is 4.27. The number of nitrogens with one attached hydrogen (secondary N) is 2. The average Bonchev–Trinajstić information content (AvgIpc) is 2.53. The second-order valence-corrected chi connectivity index (χ2v) is 8.73. The van der Waals surface area contributed by atoms with E-state index in [-0.39, 0.29) is 5.82 Å². The molecule has 1 aromatic carbocycles. The minimum absolute atomic E-state index is 0.260. The van der Waals surface area contributed by atoms with Crippen LogP contribution in [-0.4, -0.2) is 11.2 Å². The van der Waals surface area contributed by atoms with Crippen LogP contribution in [0.25, 0.3) is 0 Å². The van der Waals surface area contributed by atoms with Crippen molar-refractivity contribution in [3.63, 3.8) is 0 Å². The number of thiocarbonyl (C=S) groups is 1. The van der Waals surface area contributed by atoms with Gasteiger partial charge in [0.05, 0.1) is 5.69 Å². The van der Waals surface area contributed by atoms with Gasteiger partial charge in [-0.15, -0.1) is 0 Å². The molecule has 130 valence electrons. The SMILES string of the molecule is CCC(NC(=S)Nc1ccccc1F)C12CC3CC(CC(C3)C1)C2. The van der Waals surface area contributed by atoms with Crippen LogP contribution in [0.3, 0.4) is 0 Å². The van der Waals surface area contributed by atoms with Crippen molar-refractivity contribution in [1.29, 1.82) is 0 Å². The molecule has 5 rings (SSSR count). The first-order chi connectivity index (χ1) is 11.6. The van der Waals surface area contributed by atoms with Crippen LogP contribution < -0.4 is 10.6 Å². The van der Waals surface area contributed by atoms with Crippen molar-refractivity contribution in [2.24, 2.45) is 23.2 Å². The van der Waals surface area contributed by atoms with E-state index in [2.05, 4.69) is 17.6 Å². The third kappa shape index (κ3) is 2.94. The van der Waals surface area contributed by atoms with Gasteiger partial charge in [-0.1, -0.05) is 19.1 Å². The summed E-state index contributed by atoms with van der Waals surface area (Å²) in [5, 5.41) is 7.16. The molecule has 2 nitrogen and oxygen atoms in total. The molecule has 4 saturated carbocycles. The fourth-order valence-electron chi connectivity index (χ4n) is 6.17. The second kappa shape index (κ2) is 6.29. The van der Waals surface area contributed by atoms with E-state index in [0.29, 0.717) is 22.3 Å². The average molecular weight is 347 g/mol. The van der Waals surface area contributed by atoms with Crippen LogP contribution in [0.2, 0.25) is 0 Å². The maximum absolute atomic E-state index is 13.8. The van der Waals surface area contributed by atoms with Gasteiger partial charge in [-0.05, 0) is 92.5 Å². The number of para-hydroxylation sites is 1. The monoisotopic (exact) mass is 346 g/mol. The molecule has 1 unspecified atom stereocenters. The molecule has 4 fully saturated rings. The lowest BCUT2D eigenvalue weighted by atomic mass is 9.47. The van der Waals surface area contributed by atoms with E-state index in [9.17, 15) is 4.39 Å². The van der Waals surface area contributed by atoms with E-state index < -0.39 is 0 Å². The van der Waals surface area contributed by atoms with Crippen LogP contribution in [-0.2, 0) is 0 Å². The lowest BCUT2D eigenvalue weighted by Crippen LogP contribution is -2.57. The minimum Gasteiger partial charge on any atom is -0.359 e. The van der Waals surface area contributed by atoms with E-state index in [1.165, 1.54) is 44.6 Å². The number of hydrogen-bond acceptors (Lipinski definition) is 1. The van der Waals surface area contributed by atoms with Gasteiger partial charge in [-0.3, -0.25) is 0 Å². The Bertz CT molecular complexity index is 595. The number of hydrogen-bond donors (Lipinski definition) is 2. The summed E-state index contributed by atoms with van der Waals surface area (Å²) >= 11 is 5.50. The number of rotatable bonds is 4. The van der Waals surface area contributed by atoms with Crippen LogP contribution in [0.1, 0.15) is 51.9 Å². The summed E-state index contributed by atoms with van der Waals surface area (Å²) in [6, 6.07) is 7.11. The number of halogens is 1. The largest absolute Gasteiger partial charge is 0.359 e. The van der Waals surface area contributed by atoms with Gasteiger partial charge in [0, 0.05) is 6.04 Å². The minimum atomic E-state index is -0.260. The first-order valence-electron chi connectivity index (χ1n) is 9.40. The molecular weight excluding hydrogens is 319 g/mol. The molecule has 0 radical (unpaired) electrons. The molecule has 0 spiro atoms. The molecule has 0 amide bonds. The molecule has 4 aliphatic rings. The van der Waals surface area contributed by atoms with E-state index in [0.717, 1.165) is 24.2 Å². The van der Waals surface area contributed by atoms with Crippen molar-refractivity contribution in [2.45, 2.75) is 57.9 Å². The van der Waals surface area contributed by atoms with Gasteiger partial charge in [-0.25, -0.2) is 4.39 Å². The van der Waals surface area contributed by atoms with Gasteiger partial charge in [0.15, 0.2) is 5.11 Å². The highest BCUT2D eigenvalue weighted by molar-refractivity contribution is 7.80. The molecule has 4 bridgehead atoms. The molecule has 0 aliphatic heterocycles. The topological polar surface area (TPSA) is 24.1 Å². The van der Waals surface area contributed by atoms with Gasteiger partial charge < -0.3 is 10.6 Å². The van der Waals surface area contributed by atoms with Crippen LogP contribution >= 0.6 is 12.2 Å². The fraction of sp³-hybridized carbons (Fsp3) is 0.650. The molecular formula is C20H27FN2S. The normalized spacial score (nSPS) is 34.8. The summed E-state index contributed by atoms with van der Waals surface area (Å²) in [5.74, 6) is 2.53. The van der Waals surface area contributed by atoms with Gasteiger partial charge in [0.1, 0.15) is 5.82 Å². The number of anilines is 1. The summed E-state index contributed by atoms with van der Waals surface area (Å²) in [7, 11) is 0. The van der Waals surface area contributed by atoms with E-state index in [1.54, 1.807) is 12.1 Å². The zero-order valence-corrected chi connectivity index (χ0v) is 15.2. The fourth-order valence-corrected chi connectivity index (χ4v) is 6.42. The van der Waals surface area contributed by atoms with E-state index in [1.807, 2.05) is 6.07 Å². The Morgan fingerprint density at radius 3 is 2.29 bits per heavy atom. The third-order valence-electron chi connectivity index (χ3n) is 6.66. The standard InChI is InChI=1S/C20H27FN2S/c1-2-18(23-19(24)22-17-6-4-3-5-16(17)21)20-10-13-7-14(11-20)9-15(8-13)12-20/h3-6,13-15,18H,2,7-12H2,1H3,(H2,22,23,24). The summed E-state index contributed by atoms with van der Waals surface area (Å²) in [6.45, 7) is 2.25. The summed E-state index contributed by atoms with van der Waals surface area (Å²) in [4.78, 5) is 0. The Morgan fingerprint density at radius 1 is 1.17 bits per heavy atom. The van der Waals surface area contributed by atoms with Crippen molar-refractivity contribution in [1.82, 2.24) is 5.32 Å². The zero-order valence-electron chi connectivity index (χ0n) is 14.4. The Hall–Kier alpha value is -1.16. The van der Waals surface area contributed by atoms with Crippen molar-refractivity contribution in [2.75, 3.05) is 5.32 Å². The van der Waals surface area contributed by atoms with Crippen molar-refractivity contribution < 1.29 is 4.39 Å². The summed E-state index contributed by atoms with van der Waals surface area (Å²) in [5.41, 5.74) is 0.861. The lowest BCUT2D eigenvalue weighted by molar-refractivity contribution is -0.0709. The smallest absolute Gasteiger partial charge is 0.171 e. The van der Waals surface area contributed by atoms with E-state index >= 15 is 0 Å². The molecule has 2 N–H and O–H groups in total. The summed E-state index contributed by atoms with van der Waals surface area (Å²) < 4.78 is 13.8. The molecule has 1 aromatic rings. The molecule has 4 aliphatic carbocycles. The molecule has 0 aromatic heterocycles. The van der Waals surface area contributed by atoms with E-state index in [4.69, 9.17) is 12.2 Å². The molecule has 24 heavy (non-hydrogen) atoms. The third-order valence-corrected chi connectivity index (χ3v) is 6.88. The van der Waals surface area contributed by atoms with Crippen molar-refractivity contribution in [3.05, 3.63) is 30.1 Å². The van der Waals surface area contributed by atoms with Crippen LogP contribution in [0.5, 0.6) is 0 Å². The first-order valence-corrected chi connectivity index (χ1v) is 9.81. The van der Waals surface area contributed by atoms with Gasteiger partial charge >= 0.3 is 0 Å². The number of benzene rings is 1. The Balaban J connectivity index is 1.46. The molecule has 0 heterocycles. The molecule has 4 heteroatoms. The molecule has 1 atom stereocenters. The maximum atomic E-state index is 13.8. The van der Waals surface area contributed by atoms with Crippen LogP contribution in [0.15, 0.2) is 24.3 Å². The van der Waals surface area contributed by atoms with Crippen LogP contribution in [0.4, 0.5) is 10.1 Å². The summed E-state index contributed by atoms with van der Waals surface area (Å²) in [6.07, 6.45) is 9.49. The predicted octanol–water partition coefficient (Wildman–Crippen LogP) is 5.11. The van der Waals surface area contributed by atoms with Crippen molar-refractivity contribution >= 4 is 23.0 Å². The highest BCUT2D eigenvalue weighted by atomic mass is 32.1. The van der Waals surface area contributed by atoms with Gasteiger partial charge in [-0.2, -0.15) is 0 Å². The highest BCUT2D eigenvalue weighted by Gasteiger charge is 2.53. The Labute approximate surface area is 149 Å². The highest BCUT2D eigenvalue weighted by Crippen LogP contribution is 2.61. The van der Waals surface area contributed by atoms with Gasteiger partial charge in [0.25, 0.3) is 0 Å². The van der Waals surface area contributed by atoms with Crippen molar-refractivity contribution in [3.8, 4) is 0 Å². The maximum Gasteiger partial charge on any atom is 0.171 e. The zero-order chi connectivity index (χ0) is 16.7. The first kappa shape index (κ1) is 16.3. The predicted molar refractivity (Wildman–Crippen MR) is 100 cm³/mol. The second-order valence-electron chi connectivity index (χ2n) is 8.32.